The van der Waals surface area contributed by atoms with E-state index in [-0.39, 0.29) is 0 Å². The quantitative estimate of drug-likeness (QED) is 0.546. The van der Waals surface area contributed by atoms with Gasteiger partial charge in [-0.2, -0.15) is 0 Å². The van der Waals surface area contributed by atoms with Crippen LogP contribution in [0, 0.1) is 0 Å². The first-order valence-electron chi connectivity index (χ1n) is 11.4. The molecule has 0 aromatic heterocycles. The second-order valence-corrected chi connectivity index (χ2v) is 8.32. The van der Waals surface area contributed by atoms with E-state index in [0.29, 0.717) is 12.1 Å². The predicted molar refractivity (Wildman–Crippen MR) is 134 cm³/mol. The minimum atomic E-state index is -0.405. The van der Waals surface area contributed by atoms with Crippen molar-refractivity contribution in [2.24, 2.45) is 5.73 Å². The summed E-state index contributed by atoms with van der Waals surface area (Å²) in [5.74, 6) is 0.422. The van der Waals surface area contributed by atoms with Crippen LogP contribution < -0.4 is 20.3 Å². The highest BCUT2D eigenvalue weighted by molar-refractivity contribution is 5.98. The minimum Gasteiger partial charge on any atom is -0.497 e. The van der Waals surface area contributed by atoms with E-state index in [1.54, 1.807) is 13.2 Å². The monoisotopic (exact) mass is 444 g/mol. The van der Waals surface area contributed by atoms with E-state index in [1.807, 2.05) is 36.4 Å². The molecule has 3 aromatic rings. The van der Waals surface area contributed by atoms with Gasteiger partial charge in [-0.05, 0) is 42.0 Å². The summed E-state index contributed by atoms with van der Waals surface area (Å²) in [4.78, 5) is 19.3. The normalized spacial score (nSPS) is 14.2. The molecule has 3 aromatic carbocycles. The van der Waals surface area contributed by atoms with Gasteiger partial charge in [0.05, 0.1) is 12.7 Å². The van der Waals surface area contributed by atoms with Crippen molar-refractivity contribution in [3.05, 3.63) is 90.0 Å². The Balaban J connectivity index is 1.46. The number of hydrogen-bond acceptors (Lipinski definition) is 5. The molecule has 0 radical (unpaired) electrons. The second kappa shape index (κ2) is 10.9. The first-order chi connectivity index (χ1) is 16.1. The van der Waals surface area contributed by atoms with Crippen LogP contribution in [0.3, 0.4) is 0 Å². The van der Waals surface area contributed by atoms with Crippen LogP contribution in [0.15, 0.2) is 78.9 Å². The highest BCUT2D eigenvalue weighted by atomic mass is 16.5. The number of anilines is 2. The fraction of sp³-hybridized carbons (Fsp3) is 0.296. The number of rotatable bonds is 9. The molecule has 6 heteroatoms. The van der Waals surface area contributed by atoms with Crippen LogP contribution in [0.1, 0.15) is 15.9 Å². The Morgan fingerprint density at radius 3 is 2.39 bits per heavy atom. The number of nitrogens with two attached hydrogens (primary N) is 1. The molecule has 4 rings (SSSR count). The van der Waals surface area contributed by atoms with Gasteiger partial charge in [-0.25, -0.2) is 0 Å². The Morgan fingerprint density at radius 2 is 1.67 bits per heavy atom. The molecule has 2 N–H and O–H groups in total. The first-order valence-corrected chi connectivity index (χ1v) is 11.4. The van der Waals surface area contributed by atoms with E-state index in [2.05, 4.69) is 51.1 Å². The van der Waals surface area contributed by atoms with Crippen molar-refractivity contribution >= 4 is 17.3 Å². The standard InChI is InChI=1S/C27H32N4O2/c1-33-24-11-7-8-22(20-24)21-31(26-13-6-5-12-25(26)27(28)32)19-16-29-14-17-30(18-15-29)23-9-3-2-4-10-23/h2-13,20H,14-19,21H2,1H3,(H2,28,32). The van der Waals surface area contributed by atoms with Crippen LogP contribution in [0.4, 0.5) is 11.4 Å². The van der Waals surface area contributed by atoms with Crippen molar-refractivity contribution in [1.82, 2.24) is 4.90 Å². The number of carbonyl (C=O) groups excluding carboxylic acids is 1. The van der Waals surface area contributed by atoms with Crippen LogP contribution in [-0.4, -0.2) is 57.2 Å². The molecule has 1 saturated heterocycles. The molecule has 1 amide bonds. The van der Waals surface area contributed by atoms with Gasteiger partial charge in [0.1, 0.15) is 5.75 Å². The maximum atomic E-state index is 12.1. The van der Waals surface area contributed by atoms with Gasteiger partial charge < -0.3 is 20.3 Å². The van der Waals surface area contributed by atoms with E-state index >= 15 is 0 Å². The van der Waals surface area contributed by atoms with Crippen LogP contribution >= 0.6 is 0 Å². The van der Waals surface area contributed by atoms with Crippen molar-refractivity contribution in [1.29, 1.82) is 0 Å². The SMILES string of the molecule is COc1cccc(CN(CCN2CCN(c3ccccc3)CC2)c2ccccc2C(N)=O)c1. The maximum absolute atomic E-state index is 12.1. The third-order valence-electron chi connectivity index (χ3n) is 6.20. The Morgan fingerprint density at radius 1 is 0.939 bits per heavy atom. The van der Waals surface area contributed by atoms with Gasteiger partial charge in [0.2, 0.25) is 0 Å². The Bertz CT molecular complexity index is 1050. The number of ether oxygens (including phenoxy) is 1. The minimum absolute atomic E-state index is 0.405. The summed E-state index contributed by atoms with van der Waals surface area (Å²) in [6, 6.07) is 26.2. The van der Waals surface area contributed by atoms with Crippen LogP contribution in [0.25, 0.3) is 0 Å². The smallest absolute Gasteiger partial charge is 0.250 e. The van der Waals surface area contributed by atoms with E-state index in [9.17, 15) is 4.79 Å². The van der Waals surface area contributed by atoms with Gasteiger partial charge in [-0.15, -0.1) is 0 Å². The van der Waals surface area contributed by atoms with Gasteiger partial charge in [0.15, 0.2) is 0 Å². The molecule has 172 valence electrons. The fourth-order valence-electron chi connectivity index (χ4n) is 4.36. The number of primary amides is 1. The molecule has 33 heavy (non-hydrogen) atoms. The Kier molecular flexibility index (Phi) is 7.47. The number of amides is 1. The number of hydrogen-bond donors (Lipinski definition) is 1. The van der Waals surface area contributed by atoms with Gasteiger partial charge >= 0.3 is 0 Å². The molecular formula is C27H32N4O2. The third kappa shape index (κ3) is 5.84. The van der Waals surface area contributed by atoms with Gasteiger partial charge in [-0.3, -0.25) is 9.69 Å². The van der Waals surface area contributed by atoms with Crippen molar-refractivity contribution in [2.45, 2.75) is 6.54 Å². The number of piperazine rings is 1. The second-order valence-electron chi connectivity index (χ2n) is 8.32. The van der Waals surface area contributed by atoms with Crippen LogP contribution in [-0.2, 0) is 6.54 Å². The maximum Gasteiger partial charge on any atom is 0.250 e. The summed E-state index contributed by atoms with van der Waals surface area (Å²) in [7, 11) is 1.67. The predicted octanol–water partition coefficient (Wildman–Crippen LogP) is 3.62. The summed E-state index contributed by atoms with van der Waals surface area (Å²) in [6.45, 7) is 6.44. The molecule has 0 spiro atoms. The summed E-state index contributed by atoms with van der Waals surface area (Å²) >= 11 is 0. The van der Waals surface area contributed by atoms with Gasteiger partial charge in [0, 0.05) is 57.2 Å². The van der Waals surface area contributed by atoms with Crippen LogP contribution in [0.5, 0.6) is 5.75 Å². The summed E-state index contributed by atoms with van der Waals surface area (Å²) in [5.41, 5.74) is 9.53. The van der Waals surface area contributed by atoms with Crippen molar-refractivity contribution in [3.8, 4) is 5.75 Å². The number of para-hydroxylation sites is 2. The molecule has 0 atom stereocenters. The molecule has 0 saturated carbocycles. The van der Waals surface area contributed by atoms with E-state index in [4.69, 9.17) is 10.5 Å². The molecule has 1 aliphatic rings. The highest BCUT2D eigenvalue weighted by Crippen LogP contribution is 2.24. The molecule has 1 aliphatic heterocycles. The van der Waals surface area contributed by atoms with Crippen molar-refractivity contribution < 1.29 is 9.53 Å². The highest BCUT2D eigenvalue weighted by Gasteiger charge is 2.20. The molecule has 1 fully saturated rings. The van der Waals surface area contributed by atoms with E-state index in [1.165, 1.54) is 5.69 Å². The number of benzene rings is 3. The molecule has 0 bridgehead atoms. The van der Waals surface area contributed by atoms with Gasteiger partial charge in [-0.1, -0.05) is 42.5 Å². The number of nitrogens with zero attached hydrogens (tertiary/aromatic N) is 3. The lowest BCUT2D eigenvalue weighted by Gasteiger charge is -2.37. The molecule has 1 heterocycles. The molecule has 0 aliphatic carbocycles. The van der Waals surface area contributed by atoms with Gasteiger partial charge in [0.25, 0.3) is 5.91 Å². The number of methoxy groups -OCH3 is 1. The average Bonchev–Trinajstić information content (AvgIpc) is 2.87. The summed E-state index contributed by atoms with van der Waals surface area (Å²) in [5, 5.41) is 0. The largest absolute Gasteiger partial charge is 0.497 e. The zero-order valence-corrected chi connectivity index (χ0v) is 19.2. The molecule has 6 nitrogen and oxygen atoms in total. The lowest BCUT2D eigenvalue weighted by molar-refractivity contribution is 0.100. The fourth-order valence-corrected chi connectivity index (χ4v) is 4.36. The average molecular weight is 445 g/mol. The zero-order valence-electron chi connectivity index (χ0n) is 19.2. The molecule has 0 unspecified atom stereocenters. The summed E-state index contributed by atoms with van der Waals surface area (Å²) in [6.07, 6.45) is 0. The lowest BCUT2D eigenvalue weighted by atomic mass is 10.1. The van der Waals surface area contributed by atoms with E-state index in [0.717, 1.165) is 56.3 Å². The Hall–Kier alpha value is -3.51. The van der Waals surface area contributed by atoms with Crippen molar-refractivity contribution in [3.63, 3.8) is 0 Å². The summed E-state index contributed by atoms with van der Waals surface area (Å²) < 4.78 is 5.40. The lowest BCUT2D eigenvalue weighted by Crippen LogP contribution is -2.48. The van der Waals surface area contributed by atoms with Crippen molar-refractivity contribution in [2.75, 3.05) is 56.2 Å². The first kappa shape index (κ1) is 22.7. The number of carbonyl (C=O) groups is 1. The van der Waals surface area contributed by atoms with Crippen LogP contribution in [0.2, 0.25) is 0 Å². The molecular weight excluding hydrogens is 412 g/mol. The Labute approximate surface area is 196 Å². The third-order valence-corrected chi connectivity index (χ3v) is 6.20. The zero-order chi connectivity index (χ0) is 23.0. The topological polar surface area (TPSA) is 62.0 Å². The van der Waals surface area contributed by atoms with E-state index < -0.39 is 5.91 Å².